The number of hydrogen-bond acceptors (Lipinski definition) is 2. The predicted octanol–water partition coefficient (Wildman–Crippen LogP) is 5.07. The van der Waals surface area contributed by atoms with Gasteiger partial charge in [0.25, 0.3) is 0 Å². The summed E-state index contributed by atoms with van der Waals surface area (Å²) >= 11 is 0. The van der Waals surface area contributed by atoms with Crippen molar-refractivity contribution in [2.75, 3.05) is 0 Å². The molecule has 0 aliphatic rings. The van der Waals surface area contributed by atoms with Crippen LogP contribution in [0.5, 0.6) is 0 Å². The normalized spacial score (nSPS) is 10.9. The molecule has 1 rings (SSSR count). The molecule has 0 amide bonds. The fourth-order valence-electron chi connectivity index (χ4n) is 1.74. The van der Waals surface area contributed by atoms with Crippen molar-refractivity contribution in [3.63, 3.8) is 0 Å². The molecule has 2 heteroatoms. The molecule has 0 bridgehead atoms. The standard InChI is InChI=1S/C12H21NO.C2H6/c1-7(2)10-11(8(3)4)13-14-12(10)9(5)6;1-2/h7-9H,1-6H3;1-2H3. The van der Waals surface area contributed by atoms with Crippen molar-refractivity contribution in [2.24, 2.45) is 0 Å². The average Bonchev–Trinajstić information content (AvgIpc) is 2.64. The predicted molar refractivity (Wildman–Crippen MR) is 70.1 cm³/mol. The van der Waals surface area contributed by atoms with Gasteiger partial charge in [-0.15, -0.1) is 0 Å². The molecule has 0 N–H and O–H groups in total. The van der Waals surface area contributed by atoms with Crippen LogP contribution in [-0.4, -0.2) is 5.16 Å². The zero-order valence-electron chi connectivity index (χ0n) is 12.1. The Bertz CT molecular complexity index is 272. The first-order valence-corrected chi connectivity index (χ1v) is 6.44. The van der Waals surface area contributed by atoms with Gasteiger partial charge in [-0.3, -0.25) is 0 Å². The van der Waals surface area contributed by atoms with Gasteiger partial charge in [-0.2, -0.15) is 0 Å². The van der Waals surface area contributed by atoms with E-state index in [4.69, 9.17) is 4.52 Å². The lowest BCUT2D eigenvalue weighted by molar-refractivity contribution is 0.362. The molecule has 16 heavy (non-hydrogen) atoms. The minimum atomic E-state index is 0.424. The van der Waals surface area contributed by atoms with Crippen LogP contribution in [0.2, 0.25) is 0 Å². The van der Waals surface area contributed by atoms with E-state index >= 15 is 0 Å². The highest BCUT2D eigenvalue weighted by Gasteiger charge is 2.22. The lowest BCUT2D eigenvalue weighted by Gasteiger charge is -2.10. The Balaban J connectivity index is 0.00000106. The van der Waals surface area contributed by atoms with Crippen LogP contribution in [0.4, 0.5) is 0 Å². The maximum atomic E-state index is 5.43. The van der Waals surface area contributed by atoms with E-state index in [1.165, 1.54) is 5.56 Å². The quantitative estimate of drug-likeness (QED) is 0.717. The van der Waals surface area contributed by atoms with Gasteiger partial charge < -0.3 is 4.52 Å². The molecular formula is C14H27NO. The Morgan fingerprint density at radius 3 is 1.62 bits per heavy atom. The van der Waals surface area contributed by atoms with Gasteiger partial charge in [0.05, 0.1) is 5.69 Å². The Hall–Kier alpha value is -0.790. The van der Waals surface area contributed by atoms with Crippen LogP contribution in [0.25, 0.3) is 0 Å². The van der Waals surface area contributed by atoms with E-state index in [-0.39, 0.29) is 0 Å². The molecule has 0 atom stereocenters. The third kappa shape index (κ3) is 3.36. The molecule has 0 saturated heterocycles. The Kier molecular flexibility index (Phi) is 6.39. The van der Waals surface area contributed by atoms with Crippen molar-refractivity contribution in [1.29, 1.82) is 0 Å². The summed E-state index contributed by atoms with van der Waals surface area (Å²) in [7, 11) is 0. The maximum absolute atomic E-state index is 5.43. The molecule has 0 aliphatic carbocycles. The van der Waals surface area contributed by atoms with E-state index in [0.717, 1.165) is 11.5 Å². The average molecular weight is 225 g/mol. The number of nitrogens with zero attached hydrogens (tertiary/aromatic N) is 1. The fraction of sp³-hybridized carbons (Fsp3) is 0.786. The first-order valence-electron chi connectivity index (χ1n) is 6.44. The summed E-state index contributed by atoms with van der Waals surface area (Å²) in [6.07, 6.45) is 0. The van der Waals surface area contributed by atoms with Crippen LogP contribution in [0.1, 0.15) is 90.2 Å². The highest BCUT2D eigenvalue weighted by Crippen LogP contribution is 2.32. The summed E-state index contributed by atoms with van der Waals surface area (Å²) < 4.78 is 5.43. The van der Waals surface area contributed by atoms with Crippen molar-refractivity contribution < 1.29 is 4.52 Å². The van der Waals surface area contributed by atoms with Gasteiger partial charge in [-0.25, -0.2) is 0 Å². The number of aromatic nitrogens is 1. The van der Waals surface area contributed by atoms with Crippen LogP contribution in [0.15, 0.2) is 4.52 Å². The van der Waals surface area contributed by atoms with Crippen molar-refractivity contribution in [1.82, 2.24) is 5.16 Å². The van der Waals surface area contributed by atoms with Gasteiger partial charge in [0, 0.05) is 11.5 Å². The summed E-state index contributed by atoms with van der Waals surface area (Å²) in [4.78, 5) is 0. The SMILES string of the molecule is CC.CC(C)c1noc(C(C)C)c1C(C)C. The Morgan fingerprint density at radius 2 is 1.31 bits per heavy atom. The van der Waals surface area contributed by atoms with Crippen LogP contribution >= 0.6 is 0 Å². The Labute approximate surface area is 100 Å². The van der Waals surface area contributed by atoms with Gasteiger partial charge in [0.15, 0.2) is 0 Å². The van der Waals surface area contributed by atoms with Gasteiger partial charge in [0.2, 0.25) is 0 Å². The number of rotatable bonds is 3. The van der Waals surface area contributed by atoms with E-state index in [0.29, 0.717) is 17.8 Å². The van der Waals surface area contributed by atoms with Gasteiger partial charge >= 0.3 is 0 Å². The third-order valence-electron chi connectivity index (χ3n) is 2.43. The molecule has 0 radical (unpaired) electrons. The van der Waals surface area contributed by atoms with Crippen molar-refractivity contribution >= 4 is 0 Å². The van der Waals surface area contributed by atoms with E-state index < -0.39 is 0 Å². The van der Waals surface area contributed by atoms with Crippen molar-refractivity contribution in [3.05, 3.63) is 17.0 Å². The van der Waals surface area contributed by atoms with E-state index in [9.17, 15) is 0 Å². The second-order valence-electron chi connectivity index (χ2n) is 4.81. The highest BCUT2D eigenvalue weighted by atomic mass is 16.5. The summed E-state index contributed by atoms with van der Waals surface area (Å²) in [5.74, 6) is 2.43. The topological polar surface area (TPSA) is 26.0 Å². The molecule has 1 aromatic rings. The minimum Gasteiger partial charge on any atom is -0.361 e. The van der Waals surface area contributed by atoms with Gasteiger partial charge in [-0.1, -0.05) is 60.5 Å². The first-order chi connectivity index (χ1) is 7.45. The molecule has 0 fully saturated rings. The van der Waals surface area contributed by atoms with Crippen LogP contribution in [0.3, 0.4) is 0 Å². The molecule has 0 unspecified atom stereocenters. The second kappa shape index (κ2) is 6.72. The lowest BCUT2D eigenvalue weighted by Crippen LogP contribution is -2.00. The summed E-state index contributed by atoms with van der Waals surface area (Å²) in [5.41, 5.74) is 2.44. The first kappa shape index (κ1) is 15.2. The molecule has 0 aliphatic heterocycles. The smallest absolute Gasteiger partial charge is 0.142 e. The number of hydrogen-bond donors (Lipinski definition) is 0. The third-order valence-corrected chi connectivity index (χ3v) is 2.43. The molecule has 94 valence electrons. The summed E-state index contributed by atoms with van der Waals surface area (Å²) in [5, 5.41) is 4.18. The van der Waals surface area contributed by atoms with E-state index in [1.807, 2.05) is 13.8 Å². The summed E-state index contributed by atoms with van der Waals surface area (Å²) in [6, 6.07) is 0. The second-order valence-corrected chi connectivity index (χ2v) is 4.81. The van der Waals surface area contributed by atoms with Crippen LogP contribution in [-0.2, 0) is 0 Å². The molecule has 1 heterocycles. The maximum Gasteiger partial charge on any atom is 0.142 e. The molecular weight excluding hydrogens is 198 g/mol. The largest absolute Gasteiger partial charge is 0.361 e. The van der Waals surface area contributed by atoms with Gasteiger partial charge in [-0.05, 0) is 11.8 Å². The molecule has 1 aromatic heterocycles. The van der Waals surface area contributed by atoms with Crippen LogP contribution in [0, 0.1) is 0 Å². The van der Waals surface area contributed by atoms with Crippen molar-refractivity contribution in [2.45, 2.75) is 73.1 Å². The highest BCUT2D eigenvalue weighted by molar-refractivity contribution is 5.30. The molecule has 2 nitrogen and oxygen atoms in total. The zero-order chi connectivity index (χ0) is 12.9. The Morgan fingerprint density at radius 1 is 0.812 bits per heavy atom. The zero-order valence-corrected chi connectivity index (χ0v) is 12.1. The van der Waals surface area contributed by atoms with E-state index in [2.05, 4.69) is 46.7 Å². The monoisotopic (exact) mass is 225 g/mol. The van der Waals surface area contributed by atoms with Gasteiger partial charge in [0.1, 0.15) is 5.76 Å². The van der Waals surface area contributed by atoms with Crippen molar-refractivity contribution in [3.8, 4) is 0 Å². The minimum absolute atomic E-state index is 0.424. The lowest BCUT2D eigenvalue weighted by atomic mass is 9.92. The molecule has 0 aromatic carbocycles. The van der Waals surface area contributed by atoms with E-state index in [1.54, 1.807) is 0 Å². The fourth-order valence-corrected chi connectivity index (χ4v) is 1.74. The molecule has 0 saturated carbocycles. The summed E-state index contributed by atoms with van der Waals surface area (Å²) in [6.45, 7) is 17.0. The molecule has 0 spiro atoms. The van der Waals surface area contributed by atoms with Crippen LogP contribution < -0.4 is 0 Å².